The summed E-state index contributed by atoms with van der Waals surface area (Å²) in [5.41, 5.74) is 5.67. The lowest BCUT2D eigenvalue weighted by Gasteiger charge is -2.28. The Bertz CT molecular complexity index is 461. The summed E-state index contributed by atoms with van der Waals surface area (Å²) in [6.07, 6.45) is 4.83. The average molecular weight is 313 g/mol. The van der Waals surface area contributed by atoms with Crippen LogP contribution in [0.1, 0.15) is 32.1 Å². The van der Waals surface area contributed by atoms with Gasteiger partial charge in [-0.1, -0.05) is 36.6 Å². The minimum Gasteiger partial charge on any atom is -0.349 e. The highest BCUT2D eigenvalue weighted by Gasteiger charge is 2.33. The molecule has 110 valence electrons. The smallest absolute Gasteiger partial charge is 0.221 e. The number of hydrogen-bond acceptors (Lipinski definition) is 3. The van der Waals surface area contributed by atoms with Gasteiger partial charge >= 0.3 is 0 Å². The van der Waals surface area contributed by atoms with Crippen LogP contribution in [0.5, 0.6) is 0 Å². The van der Waals surface area contributed by atoms with E-state index in [9.17, 15) is 4.79 Å². The Morgan fingerprint density at radius 1 is 1.35 bits per heavy atom. The van der Waals surface area contributed by atoms with Crippen molar-refractivity contribution in [3.8, 4) is 0 Å². The second kappa shape index (κ2) is 7.34. The van der Waals surface area contributed by atoms with Gasteiger partial charge in [0, 0.05) is 23.6 Å². The molecule has 0 aromatic heterocycles. The molecule has 0 aliphatic heterocycles. The van der Waals surface area contributed by atoms with E-state index in [-0.39, 0.29) is 11.4 Å². The van der Waals surface area contributed by atoms with Crippen molar-refractivity contribution in [2.75, 3.05) is 12.3 Å². The lowest BCUT2D eigenvalue weighted by molar-refractivity contribution is -0.122. The van der Waals surface area contributed by atoms with Gasteiger partial charge < -0.3 is 11.1 Å². The molecular weight excluding hydrogens is 292 g/mol. The van der Waals surface area contributed by atoms with Gasteiger partial charge in [0.2, 0.25) is 5.91 Å². The molecular formula is C15H21ClN2OS. The molecule has 0 saturated heterocycles. The molecule has 3 N–H and O–H groups in total. The van der Waals surface area contributed by atoms with Crippen molar-refractivity contribution in [1.82, 2.24) is 5.32 Å². The van der Waals surface area contributed by atoms with Gasteiger partial charge in [-0.25, -0.2) is 0 Å². The average Bonchev–Trinajstić information content (AvgIpc) is 2.90. The van der Waals surface area contributed by atoms with Gasteiger partial charge in [0.25, 0.3) is 0 Å². The third-order valence-electron chi connectivity index (χ3n) is 3.78. The van der Waals surface area contributed by atoms with Crippen LogP contribution in [0, 0.1) is 0 Å². The first-order valence-corrected chi connectivity index (χ1v) is 8.40. The van der Waals surface area contributed by atoms with Crippen molar-refractivity contribution in [3.05, 3.63) is 29.3 Å². The number of hydrogen-bond donors (Lipinski definition) is 2. The van der Waals surface area contributed by atoms with Crippen molar-refractivity contribution in [1.29, 1.82) is 0 Å². The maximum atomic E-state index is 12.0. The van der Waals surface area contributed by atoms with Gasteiger partial charge in [0.05, 0.1) is 10.6 Å². The van der Waals surface area contributed by atoms with Crippen LogP contribution in [0.15, 0.2) is 29.2 Å². The quantitative estimate of drug-likeness (QED) is 0.793. The van der Waals surface area contributed by atoms with Crippen LogP contribution in [0.25, 0.3) is 0 Å². The number of carbonyl (C=O) groups excluding carboxylic acids is 1. The molecule has 1 saturated carbocycles. The Kier molecular flexibility index (Phi) is 5.75. The minimum atomic E-state index is -0.147. The van der Waals surface area contributed by atoms with Crippen LogP contribution < -0.4 is 11.1 Å². The highest BCUT2D eigenvalue weighted by molar-refractivity contribution is 7.99. The zero-order chi connectivity index (χ0) is 14.4. The van der Waals surface area contributed by atoms with Gasteiger partial charge in [0.15, 0.2) is 0 Å². The number of nitrogens with two attached hydrogens (primary N) is 1. The predicted octanol–water partition coefficient (Wildman–Crippen LogP) is 3.21. The molecule has 2 rings (SSSR count). The van der Waals surface area contributed by atoms with Gasteiger partial charge in [-0.2, -0.15) is 0 Å². The van der Waals surface area contributed by atoms with Crippen LogP contribution in [-0.4, -0.2) is 23.7 Å². The molecule has 0 bridgehead atoms. The Morgan fingerprint density at radius 3 is 2.70 bits per heavy atom. The predicted molar refractivity (Wildman–Crippen MR) is 85.2 cm³/mol. The van der Waals surface area contributed by atoms with Crippen molar-refractivity contribution in [2.24, 2.45) is 5.73 Å². The maximum Gasteiger partial charge on any atom is 0.221 e. The molecule has 0 unspecified atom stereocenters. The Hall–Kier alpha value is -0.710. The van der Waals surface area contributed by atoms with E-state index in [4.69, 9.17) is 17.3 Å². The monoisotopic (exact) mass is 312 g/mol. The second-order valence-corrected chi connectivity index (χ2v) is 6.81. The van der Waals surface area contributed by atoms with Crippen molar-refractivity contribution in [3.63, 3.8) is 0 Å². The van der Waals surface area contributed by atoms with E-state index in [1.54, 1.807) is 11.8 Å². The zero-order valence-electron chi connectivity index (χ0n) is 11.5. The standard InChI is InChI=1S/C15H21ClN2OS/c16-12-5-1-2-6-13(12)20-10-7-14(19)18-15(11-17)8-3-4-9-15/h1-2,5-6H,3-4,7-11,17H2,(H,18,19). The van der Waals surface area contributed by atoms with Crippen LogP contribution in [0.2, 0.25) is 5.02 Å². The molecule has 0 radical (unpaired) electrons. The van der Waals surface area contributed by atoms with Gasteiger partial charge in [-0.05, 0) is 25.0 Å². The molecule has 20 heavy (non-hydrogen) atoms. The number of thioether (sulfide) groups is 1. The molecule has 1 aliphatic rings. The third kappa shape index (κ3) is 4.14. The summed E-state index contributed by atoms with van der Waals surface area (Å²) in [4.78, 5) is 13.0. The molecule has 1 amide bonds. The molecule has 0 spiro atoms. The Balaban J connectivity index is 1.77. The van der Waals surface area contributed by atoms with Crippen LogP contribution in [0.4, 0.5) is 0 Å². The first-order chi connectivity index (χ1) is 9.65. The molecule has 5 heteroatoms. The number of carbonyl (C=O) groups is 1. The maximum absolute atomic E-state index is 12.0. The molecule has 0 atom stereocenters. The lowest BCUT2D eigenvalue weighted by atomic mass is 9.98. The van der Waals surface area contributed by atoms with Crippen molar-refractivity contribution < 1.29 is 4.79 Å². The fourth-order valence-electron chi connectivity index (χ4n) is 2.61. The first kappa shape index (κ1) is 15.7. The number of amides is 1. The first-order valence-electron chi connectivity index (χ1n) is 7.04. The highest BCUT2D eigenvalue weighted by atomic mass is 35.5. The molecule has 1 aromatic rings. The van der Waals surface area contributed by atoms with Crippen LogP contribution >= 0.6 is 23.4 Å². The summed E-state index contributed by atoms with van der Waals surface area (Å²) in [6, 6.07) is 7.70. The zero-order valence-corrected chi connectivity index (χ0v) is 13.1. The summed E-state index contributed by atoms with van der Waals surface area (Å²) in [5.74, 6) is 0.827. The summed E-state index contributed by atoms with van der Waals surface area (Å²) in [5, 5.41) is 3.88. The van der Waals surface area contributed by atoms with Crippen LogP contribution in [0.3, 0.4) is 0 Å². The fraction of sp³-hybridized carbons (Fsp3) is 0.533. The number of benzene rings is 1. The molecule has 3 nitrogen and oxygen atoms in total. The van der Waals surface area contributed by atoms with Crippen molar-refractivity contribution in [2.45, 2.75) is 42.5 Å². The van der Waals surface area contributed by atoms with E-state index in [0.29, 0.717) is 13.0 Å². The number of nitrogens with one attached hydrogen (secondary N) is 1. The summed E-state index contributed by atoms with van der Waals surface area (Å²) >= 11 is 7.70. The Labute approximate surface area is 129 Å². The van der Waals surface area contributed by atoms with Gasteiger partial charge in [-0.15, -0.1) is 11.8 Å². The van der Waals surface area contributed by atoms with Gasteiger partial charge in [0.1, 0.15) is 0 Å². The lowest BCUT2D eigenvalue weighted by Crippen LogP contribution is -2.51. The molecule has 1 fully saturated rings. The summed E-state index contributed by atoms with van der Waals surface area (Å²) < 4.78 is 0. The van der Waals surface area contributed by atoms with E-state index in [2.05, 4.69) is 5.32 Å². The van der Waals surface area contributed by atoms with Crippen LogP contribution in [-0.2, 0) is 4.79 Å². The number of halogens is 1. The van der Waals surface area contributed by atoms with E-state index in [0.717, 1.165) is 41.4 Å². The SMILES string of the molecule is NCC1(NC(=O)CCSc2ccccc2Cl)CCCC1. The van der Waals surface area contributed by atoms with E-state index >= 15 is 0 Å². The molecule has 0 heterocycles. The fourth-order valence-corrected chi connectivity index (χ4v) is 3.79. The van der Waals surface area contributed by atoms with E-state index in [1.165, 1.54) is 0 Å². The van der Waals surface area contributed by atoms with E-state index < -0.39 is 0 Å². The third-order valence-corrected chi connectivity index (χ3v) is 5.30. The topological polar surface area (TPSA) is 55.1 Å². The number of rotatable bonds is 6. The van der Waals surface area contributed by atoms with Crippen molar-refractivity contribution >= 4 is 29.3 Å². The largest absolute Gasteiger partial charge is 0.349 e. The Morgan fingerprint density at radius 2 is 2.05 bits per heavy atom. The normalized spacial score (nSPS) is 17.1. The molecule has 1 aromatic carbocycles. The second-order valence-electron chi connectivity index (χ2n) is 5.27. The summed E-state index contributed by atoms with van der Waals surface area (Å²) in [6.45, 7) is 0.538. The van der Waals surface area contributed by atoms with E-state index in [1.807, 2.05) is 24.3 Å². The summed E-state index contributed by atoms with van der Waals surface area (Å²) in [7, 11) is 0. The minimum absolute atomic E-state index is 0.0944. The molecule has 1 aliphatic carbocycles. The van der Waals surface area contributed by atoms with Gasteiger partial charge in [-0.3, -0.25) is 4.79 Å². The highest BCUT2D eigenvalue weighted by Crippen LogP contribution is 2.29.